The molecule has 1 amide bonds. The highest BCUT2D eigenvalue weighted by atomic mass is 19.4. The van der Waals surface area contributed by atoms with Crippen LogP contribution in [-0.4, -0.2) is 26.5 Å². The van der Waals surface area contributed by atoms with Gasteiger partial charge in [-0.05, 0) is 18.2 Å². The van der Waals surface area contributed by atoms with Crippen molar-refractivity contribution in [3.8, 4) is 0 Å². The zero-order valence-electron chi connectivity index (χ0n) is 11.6. The number of benzene rings is 1. The quantitative estimate of drug-likeness (QED) is 0.835. The smallest absolute Gasteiger partial charge is 0.399 e. The third-order valence-corrected chi connectivity index (χ3v) is 2.98. The first kappa shape index (κ1) is 16.1. The van der Waals surface area contributed by atoms with Gasteiger partial charge in [0.2, 0.25) is 5.91 Å². The average Bonchev–Trinajstić information content (AvgIpc) is 2.36. The summed E-state index contributed by atoms with van der Waals surface area (Å²) in [4.78, 5) is 12.8. The molecule has 0 aliphatic rings. The lowest BCUT2D eigenvalue weighted by Crippen LogP contribution is -2.35. The topological polar surface area (TPSA) is 58.4 Å². The number of nitrogens with zero attached hydrogens (tertiary/aromatic N) is 1. The number of hydrogen-bond acceptors (Lipinski definition) is 3. The number of nitrogen functional groups attached to an aromatic ring is 1. The van der Waals surface area contributed by atoms with Crippen LogP contribution in [0.2, 0.25) is 0 Å². The van der Waals surface area contributed by atoms with Gasteiger partial charge in [-0.3, -0.25) is 4.79 Å². The summed E-state index contributed by atoms with van der Waals surface area (Å²) in [6.07, 6.45) is -4.49. The van der Waals surface area contributed by atoms with Crippen molar-refractivity contribution in [1.29, 1.82) is 0 Å². The Kier molecular flexibility index (Phi) is 4.86. The van der Waals surface area contributed by atoms with Gasteiger partial charge in [0, 0.05) is 32.0 Å². The van der Waals surface area contributed by atoms with Crippen LogP contribution < -0.4 is 16.0 Å². The molecule has 112 valence electrons. The molecule has 1 aromatic rings. The van der Waals surface area contributed by atoms with Gasteiger partial charge in [-0.15, -0.1) is 0 Å². The average molecular weight is 289 g/mol. The minimum Gasteiger partial charge on any atom is -0.399 e. The molecule has 0 aliphatic heterocycles. The van der Waals surface area contributed by atoms with Crippen molar-refractivity contribution in [2.24, 2.45) is 5.92 Å². The second-order valence-electron chi connectivity index (χ2n) is 4.67. The van der Waals surface area contributed by atoms with Crippen molar-refractivity contribution < 1.29 is 18.0 Å². The lowest BCUT2D eigenvalue weighted by atomic mass is 10.1. The van der Waals surface area contributed by atoms with Crippen LogP contribution in [0, 0.1) is 5.92 Å². The van der Waals surface area contributed by atoms with Gasteiger partial charge < -0.3 is 16.0 Å². The zero-order valence-corrected chi connectivity index (χ0v) is 11.6. The molecule has 0 saturated heterocycles. The molecule has 0 bridgehead atoms. The Morgan fingerprint density at radius 2 is 2.05 bits per heavy atom. The van der Waals surface area contributed by atoms with E-state index in [2.05, 4.69) is 5.32 Å². The summed E-state index contributed by atoms with van der Waals surface area (Å²) in [5, 5.41) is 2.47. The van der Waals surface area contributed by atoms with Crippen molar-refractivity contribution in [3.05, 3.63) is 23.8 Å². The first-order chi connectivity index (χ1) is 9.16. The largest absolute Gasteiger partial charge is 0.418 e. The number of nitrogens with one attached hydrogen (secondary N) is 1. The van der Waals surface area contributed by atoms with Crippen LogP contribution in [0.4, 0.5) is 24.5 Å². The molecule has 0 spiro atoms. The van der Waals surface area contributed by atoms with Gasteiger partial charge in [0.05, 0.1) is 11.5 Å². The number of nitrogens with two attached hydrogens (primary N) is 1. The number of hydrogen-bond donors (Lipinski definition) is 2. The number of rotatable bonds is 4. The van der Waals surface area contributed by atoms with Gasteiger partial charge >= 0.3 is 6.18 Å². The highest BCUT2D eigenvalue weighted by Gasteiger charge is 2.35. The number of anilines is 2. The fourth-order valence-corrected chi connectivity index (χ4v) is 1.95. The van der Waals surface area contributed by atoms with Crippen LogP contribution in [0.3, 0.4) is 0 Å². The van der Waals surface area contributed by atoms with E-state index in [1.54, 1.807) is 6.92 Å². The molecule has 0 heterocycles. The van der Waals surface area contributed by atoms with Crippen LogP contribution in [0.25, 0.3) is 0 Å². The van der Waals surface area contributed by atoms with E-state index < -0.39 is 17.7 Å². The number of amides is 1. The number of carbonyl (C=O) groups is 1. The van der Waals surface area contributed by atoms with Gasteiger partial charge in [-0.2, -0.15) is 13.2 Å². The second kappa shape index (κ2) is 6.02. The Morgan fingerprint density at radius 1 is 1.45 bits per heavy atom. The molecule has 0 radical (unpaired) electrons. The minimum atomic E-state index is -4.49. The summed E-state index contributed by atoms with van der Waals surface area (Å²) in [5.74, 6) is -0.649. The Balaban J connectivity index is 3.04. The van der Waals surface area contributed by atoms with Crippen molar-refractivity contribution in [2.45, 2.75) is 13.1 Å². The van der Waals surface area contributed by atoms with Crippen LogP contribution in [-0.2, 0) is 11.0 Å². The first-order valence-corrected chi connectivity index (χ1v) is 6.06. The molecule has 0 saturated carbocycles. The summed E-state index contributed by atoms with van der Waals surface area (Å²) in [5.41, 5.74) is 4.66. The second-order valence-corrected chi connectivity index (χ2v) is 4.67. The van der Waals surface area contributed by atoms with Crippen molar-refractivity contribution >= 4 is 17.3 Å². The Bertz CT molecular complexity index is 488. The maximum Gasteiger partial charge on any atom is 0.418 e. The van der Waals surface area contributed by atoms with Crippen molar-refractivity contribution in [2.75, 3.05) is 31.3 Å². The summed E-state index contributed by atoms with van der Waals surface area (Å²) in [7, 11) is 3.00. The van der Waals surface area contributed by atoms with Crippen LogP contribution in [0.1, 0.15) is 12.5 Å². The van der Waals surface area contributed by atoms with Crippen LogP contribution in [0.15, 0.2) is 18.2 Å². The highest BCUT2D eigenvalue weighted by Crippen LogP contribution is 2.37. The van der Waals surface area contributed by atoms with E-state index in [9.17, 15) is 18.0 Å². The predicted octanol–water partition coefficient (Wildman–Crippen LogP) is 2.11. The Hall–Kier alpha value is -1.92. The lowest BCUT2D eigenvalue weighted by molar-refractivity contribution is -0.137. The SMILES string of the molecule is CNC(=O)C(C)CN(C)c1ccc(N)cc1C(F)(F)F. The zero-order chi connectivity index (χ0) is 15.5. The van der Waals surface area contributed by atoms with Crippen molar-refractivity contribution in [1.82, 2.24) is 5.32 Å². The molecular formula is C13H18F3N3O. The monoisotopic (exact) mass is 289 g/mol. The Labute approximate surface area is 115 Å². The molecule has 1 atom stereocenters. The summed E-state index contributed by atoms with van der Waals surface area (Å²) in [6.45, 7) is 1.83. The van der Waals surface area contributed by atoms with E-state index in [0.717, 1.165) is 6.07 Å². The molecule has 4 nitrogen and oxygen atoms in total. The molecule has 1 rings (SSSR count). The number of alkyl halides is 3. The van der Waals surface area contributed by atoms with E-state index in [1.165, 1.54) is 31.1 Å². The van der Waals surface area contributed by atoms with Crippen LogP contribution >= 0.6 is 0 Å². The predicted molar refractivity (Wildman–Crippen MR) is 72.4 cm³/mol. The Morgan fingerprint density at radius 3 is 2.55 bits per heavy atom. The molecule has 20 heavy (non-hydrogen) atoms. The number of halogens is 3. The normalized spacial score (nSPS) is 12.9. The minimum absolute atomic E-state index is 0.00227. The molecule has 1 aromatic carbocycles. The molecule has 0 fully saturated rings. The molecule has 7 heteroatoms. The van der Waals surface area contributed by atoms with Gasteiger partial charge in [0.25, 0.3) is 0 Å². The van der Waals surface area contributed by atoms with Gasteiger partial charge in [-0.25, -0.2) is 0 Å². The van der Waals surface area contributed by atoms with Crippen LogP contribution in [0.5, 0.6) is 0 Å². The molecular weight excluding hydrogens is 271 g/mol. The standard InChI is InChI=1S/C13H18F3N3O/c1-8(12(20)18-2)7-19(3)11-5-4-9(17)6-10(11)13(14,15)16/h4-6,8H,7,17H2,1-3H3,(H,18,20). The first-order valence-electron chi connectivity index (χ1n) is 6.06. The maximum atomic E-state index is 13.0. The third-order valence-electron chi connectivity index (χ3n) is 2.98. The molecule has 0 aliphatic carbocycles. The summed E-state index contributed by atoms with van der Waals surface area (Å²) < 4.78 is 39.0. The molecule has 1 unspecified atom stereocenters. The molecule has 3 N–H and O–H groups in total. The fourth-order valence-electron chi connectivity index (χ4n) is 1.95. The molecule has 0 aromatic heterocycles. The van der Waals surface area contributed by atoms with Crippen molar-refractivity contribution in [3.63, 3.8) is 0 Å². The van der Waals surface area contributed by atoms with Gasteiger partial charge in [0.15, 0.2) is 0 Å². The highest BCUT2D eigenvalue weighted by molar-refractivity contribution is 5.78. The summed E-state index contributed by atoms with van der Waals surface area (Å²) >= 11 is 0. The third kappa shape index (κ3) is 3.79. The van der Waals surface area contributed by atoms with E-state index >= 15 is 0 Å². The van der Waals surface area contributed by atoms with Gasteiger partial charge in [-0.1, -0.05) is 6.92 Å². The van der Waals surface area contributed by atoms with E-state index in [0.29, 0.717) is 0 Å². The van der Waals surface area contributed by atoms with E-state index in [1.807, 2.05) is 0 Å². The summed E-state index contributed by atoms with van der Waals surface area (Å²) in [6, 6.07) is 3.62. The van der Waals surface area contributed by atoms with E-state index in [4.69, 9.17) is 5.73 Å². The van der Waals surface area contributed by atoms with Gasteiger partial charge in [0.1, 0.15) is 0 Å². The lowest BCUT2D eigenvalue weighted by Gasteiger charge is -2.26. The maximum absolute atomic E-state index is 13.0. The van der Waals surface area contributed by atoms with E-state index in [-0.39, 0.29) is 23.8 Å². The fraction of sp³-hybridized carbons (Fsp3) is 0.462. The number of carbonyl (C=O) groups excluding carboxylic acids is 1.